The number of para-hydroxylation sites is 2. The maximum atomic E-state index is 6.38. The van der Waals surface area contributed by atoms with Crippen LogP contribution in [0.4, 0.5) is 0 Å². The van der Waals surface area contributed by atoms with Gasteiger partial charge >= 0.3 is 0 Å². The Balaban J connectivity index is 1.51. The van der Waals surface area contributed by atoms with Crippen LogP contribution >= 0.6 is 0 Å². The van der Waals surface area contributed by atoms with E-state index in [1.807, 2.05) is 0 Å². The van der Waals surface area contributed by atoms with Crippen molar-refractivity contribution in [2.75, 3.05) is 33.0 Å². The summed E-state index contributed by atoms with van der Waals surface area (Å²) in [6, 6.07) is 13.1. The van der Waals surface area contributed by atoms with Crippen LogP contribution in [0, 0.1) is 0 Å². The molecule has 2 aromatic rings. The van der Waals surface area contributed by atoms with E-state index >= 15 is 0 Å². The van der Waals surface area contributed by atoms with Gasteiger partial charge in [0.1, 0.15) is 24.7 Å². The predicted molar refractivity (Wildman–Crippen MR) is 148 cm³/mol. The molecular weight excluding hydrogens is 432 g/mol. The molecule has 2 aromatic carbocycles. The lowest BCUT2D eigenvalue weighted by molar-refractivity contribution is 0.193. The van der Waals surface area contributed by atoms with Gasteiger partial charge in [0.2, 0.25) is 0 Å². The molecule has 0 aliphatic carbocycles. The van der Waals surface area contributed by atoms with Gasteiger partial charge in [-0.15, -0.1) is 0 Å². The Morgan fingerprint density at radius 2 is 0.886 bits per heavy atom. The smallest absolute Gasteiger partial charge is 0.126 e. The van der Waals surface area contributed by atoms with E-state index in [9.17, 15) is 0 Å². The molecule has 0 unspecified atom stereocenters. The van der Waals surface area contributed by atoms with Crippen molar-refractivity contribution in [3.05, 3.63) is 71.1 Å². The van der Waals surface area contributed by atoms with Crippen molar-refractivity contribution < 1.29 is 9.47 Å². The second-order valence-electron chi connectivity index (χ2n) is 10.9. The van der Waals surface area contributed by atoms with Crippen molar-refractivity contribution in [1.29, 1.82) is 0 Å². The van der Waals surface area contributed by atoms with Gasteiger partial charge in [0, 0.05) is 12.4 Å². The lowest BCUT2D eigenvalue weighted by atomic mass is 9.94. The molecule has 3 rings (SSSR count). The van der Waals surface area contributed by atoms with Gasteiger partial charge in [-0.2, -0.15) is 0 Å². The summed E-state index contributed by atoms with van der Waals surface area (Å²) in [7, 11) is 0. The molecule has 4 heteroatoms. The maximum absolute atomic E-state index is 6.38. The zero-order valence-electron chi connectivity index (χ0n) is 23.2. The van der Waals surface area contributed by atoms with Crippen molar-refractivity contribution in [3.63, 3.8) is 0 Å². The van der Waals surface area contributed by atoms with Gasteiger partial charge in [-0.1, -0.05) is 91.8 Å². The molecule has 1 aliphatic rings. The average Bonchev–Trinajstić information content (AvgIpc) is 3.26. The van der Waals surface area contributed by atoms with E-state index in [4.69, 9.17) is 9.47 Å². The number of rotatable bonds is 12. The van der Waals surface area contributed by atoms with E-state index in [1.54, 1.807) is 0 Å². The third-order valence-electron chi connectivity index (χ3n) is 6.74. The highest BCUT2D eigenvalue weighted by Crippen LogP contribution is 2.35. The second-order valence-corrected chi connectivity index (χ2v) is 10.9. The summed E-state index contributed by atoms with van der Waals surface area (Å²) in [5.74, 6) is 3.95. The van der Waals surface area contributed by atoms with Crippen molar-refractivity contribution in [3.8, 4) is 11.5 Å². The number of hydrogen-bond acceptors (Lipinski definition) is 4. The van der Waals surface area contributed by atoms with Gasteiger partial charge in [-0.05, 0) is 45.9 Å². The van der Waals surface area contributed by atoms with E-state index in [2.05, 4.69) is 114 Å². The Hall–Kier alpha value is -2.62. The Labute approximate surface area is 213 Å². The predicted octanol–water partition coefficient (Wildman–Crippen LogP) is 7.68. The van der Waals surface area contributed by atoms with Gasteiger partial charge in [0.15, 0.2) is 0 Å². The molecule has 192 valence electrons. The van der Waals surface area contributed by atoms with Gasteiger partial charge < -0.3 is 19.3 Å². The Bertz CT molecular complexity index is 848. The number of nitrogens with zero attached hydrogens (tertiary/aromatic N) is 2. The van der Waals surface area contributed by atoms with E-state index in [-0.39, 0.29) is 0 Å². The molecule has 0 saturated heterocycles. The van der Waals surface area contributed by atoms with Gasteiger partial charge in [0.25, 0.3) is 0 Å². The Kier molecular flexibility index (Phi) is 9.54. The molecule has 0 atom stereocenters. The summed E-state index contributed by atoms with van der Waals surface area (Å²) in [6.07, 6.45) is 4.34. The molecule has 1 heterocycles. The SMILES string of the molecule is CC(C)c1cccc(C(C)C)c1OCCN1C=CN(CCOc2c(C(C)C)cccc2C(C)C)C1. The fourth-order valence-corrected chi connectivity index (χ4v) is 4.64. The molecule has 0 amide bonds. The standard InChI is InChI=1S/C31H46N2O2/c1-22(2)26-11-9-12-27(23(3)4)30(26)34-19-17-32-15-16-33(21-32)18-20-35-31-28(24(5)6)13-10-14-29(31)25(7)8/h9-16,22-25H,17-21H2,1-8H3. The van der Waals surface area contributed by atoms with Crippen molar-refractivity contribution >= 4 is 0 Å². The molecule has 1 aliphatic heterocycles. The highest BCUT2D eigenvalue weighted by molar-refractivity contribution is 5.45. The zero-order valence-corrected chi connectivity index (χ0v) is 23.2. The van der Waals surface area contributed by atoms with Crippen LogP contribution in [0.25, 0.3) is 0 Å². The molecule has 0 fully saturated rings. The van der Waals surface area contributed by atoms with Crippen LogP contribution in [0.5, 0.6) is 11.5 Å². The molecule has 35 heavy (non-hydrogen) atoms. The van der Waals surface area contributed by atoms with Crippen molar-refractivity contribution in [2.45, 2.75) is 79.1 Å². The van der Waals surface area contributed by atoms with Crippen LogP contribution in [0.2, 0.25) is 0 Å². The largest absolute Gasteiger partial charge is 0.491 e. The fourth-order valence-electron chi connectivity index (χ4n) is 4.64. The van der Waals surface area contributed by atoms with Crippen LogP contribution in [-0.4, -0.2) is 42.8 Å². The third-order valence-corrected chi connectivity index (χ3v) is 6.74. The van der Waals surface area contributed by atoms with Crippen LogP contribution in [-0.2, 0) is 0 Å². The highest BCUT2D eigenvalue weighted by Gasteiger charge is 2.18. The first-order valence-electron chi connectivity index (χ1n) is 13.4. The summed E-state index contributed by atoms with van der Waals surface area (Å²) >= 11 is 0. The first-order valence-corrected chi connectivity index (χ1v) is 13.4. The van der Waals surface area contributed by atoms with Gasteiger partial charge in [-0.25, -0.2) is 0 Å². The average molecular weight is 479 g/mol. The summed E-state index contributed by atoms with van der Waals surface area (Å²) < 4.78 is 12.8. The van der Waals surface area contributed by atoms with Gasteiger partial charge in [0.05, 0.1) is 19.8 Å². The number of benzene rings is 2. The van der Waals surface area contributed by atoms with Crippen LogP contribution in [0.3, 0.4) is 0 Å². The van der Waals surface area contributed by atoms with E-state index in [1.165, 1.54) is 22.3 Å². The first kappa shape index (κ1) is 27.0. The van der Waals surface area contributed by atoms with Crippen molar-refractivity contribution in [1.82, 2.24) is 9.80 Å². The summed E-state index contributed by atoms with van der Waals surface area (Å²) in [6.45, 7) is 21.8. The fraction of sp³-hybridized carbons (Fsp3) is 0.548. The summed E-state index contributed by atoms with van der Waals surface area (Å²) in [5, 5.41) is 0. The minimum Gasteiger partial charge on any atom is -0.491 e. The minimum atomic E-state index is 0.447. The first-order chi connectivity index (χ1) is 16.7. The normalized spacial score (nSPS) is 13.7. The molecule has 0 radical (unpaired) electrons. The molecule has 0 spiro atoms. The van der Waals surface area contributed by atoms with Crippen LogP contribution in [0.1, 0.15) is 101 Å². The molecule has 0 saturated carbocycles. The van der Waals surface area contributed by atoms with Crippen LogP contribution in [0.15, 0.2) is 48.8 Å². The van der Waals surface area contributed by atoms with E-state index < -0.39 is 0 Å². The number of hydrogen-bond donors (Lipinski definition) is 0. The third kappa shape index (κ3) is 6.96. The maximum Gasteiger partial charge on any atom is 0.126 e. The van der Waals surface area contributed by atoms with Gasteiger partial charge in [-0.3, -0.25) is 0 Å². The molecule has 0 N–H and O–H groups in total. The zero-order chi connectivity index (χ0) is 25.5. The molecular formula is C31H46N2O2. The lowest BCUT2D eigenvalue weighted by Crippen LogP contribution is -2.31. The highest BCUT2D eigenvalue weighted by atomic mass is 16.5. The van der Waals surface area contributed by atoms with E-state index in [0.29, 0.717) is 36.9 Å². The minimum absolute atomic E-state index is 0.447. The van der Waals surface area contributed by atoms with E-state index in [0.717, 1.165) is 31.3 Å². The molecule has 0 bridgehead atoms. The second kappa shape index (κ2) is 12.4. The molecule has 4 nitrogen and oxygen atoms in total. The summed E-state index contributed by atoms with van der Waals surface area (Å²) in [4.78, 5) is 4.63. The Morgan fingerprint density at radius 1 is 0.571 bits per heavy atom. The number of ether oxygens (including phenoxy) is 2. The Morgan fingerprint density at radius 3 is 1.17 bits per heavy atom. The summed E-state index contributed by atoms with van der Waals surface area (Å²) in [5.41, 5.74) is 5.20. The topological polar surface area (TPSA) is 24.9 Å². The quantitative estimate of drug-likeness (QED) is 0.312. The lowest BCUT2D eigenvalue weighted by Gasteiger charge is -2.24. The monoisotopic (exact) mass is 478 g/mol. The molecule has 0 aromatic heterocycles. The van der Waals surface area contributed by atoms with Crippen molar-refractivity contribution in [2.24, 2.45) is 0 Å². The van der Waals surface area contributed by atoms with Crippen LogP contribution < -0.4 is 9.47 Å².